The predicted molar refractivity (Wildman–Crippen MR) is 140 cm³/mol. The molecule has 37 heavy (non-hydrogen) atoms. The second-order valence-corrected chi connectivity index (χ2v) is 9.02. The molecule has 0 saturated carbocycles. The number of hydrogen-bond acceptors (Lipinski definition) is 6. The number of fused-ring (bicyclic) bond motifs is 2. The summed E-state index contributed by atoms with van der Waals surface area (Å²) < 4.78 is 10.7. The van der Waals surface area contributed by atoms with Crippen LogP contribution in [-0.4, -0.2) is 61.0 Å². The monoisotopic (exact) mass is 504 g/mol. The number of methoxy groups -OCH3 is 1. The van der Waals surface area contributed by atoms with Crippen molar-refractivity contribution in [1.82, 2.24) is 4.90 Å². The highest BCUT2D eigenvalue weighted by molar-refractivity contribution is 6.50. The molecule has 0 aliphatic carbocycles. The van der Waals surface area contributed by atoms with Crippen LogP contribution in [-0.2, 0) is 24.7 Å². The van der Waals surface area contributed by atoms with Gasteiger partial charge >= 0.3 is 0 Å². The molecule has 2 aromatic carbocycles. The lowest BCUT2D eigenvalue weighted by Gasteiger charge is -2.34. The molecule has 2 aromatic rings. The van der Waals surface area contributed by atoms with Gasteiger partial charge in [0.05, 0.1) is 11.3 Å². The number of rotatable bonds is 11. The van der Waals surface area contributed by atoms with Crippen LogP contribution in [0.3, 0.4) is 0 Å². The minimum Gasteiger partial charge on any atom is -0.507 e. The first kappa shape index (κ1) is 26.2. The fraction of sp³-hybridized carbons (Fsp3) is 0.345. The Hall–Kier alpha value is -3.91. The number of unbranched alkanes of at least 4 members (excludes halogenated alkanes) is 1. The van der Waals surface area contributed by atoms with Gasteiger partial charge in [-0.25, -0.2) is 0 Å². The Morgan fingerprint density at radius 1 is 1.05 bits per heavy atom. The molecule has 0 aromatic heterocycles. The van der Waals surface area contributed by atoms with Crippen molar-refractivity contribution in [2.24, 2.45) is 0 Å². The zero-order valence-electron chi connectivity index (χ0n) is 21.2. The molecule has 2 heterocycles. The van der Waals surface area contributed by atoms with Gasteiger partial charge in [-0.2, -0.15) is 0 Å². The highest BCUT2D eigenvalue weighted by Gasteiger charge is 2.66. The van der Waals surface area contributed by atoms with E-state index in [1.165, 1.54) is 4.90 Å². The number of Topliss-reactive ketones (excluding diaryl/α,β-unsaturated/α-hetero) is 1. The first-order valence-corrected chi connectivity index (χ1v) is 12.5. The van der Waals surface area contributed by atoms with Crippen LogP contribution in [0.5, 0.6) is 5.75 Å². The normalized spacial score (nSPS) is 20.1. The zero-order valence-corrected chi connectivity index (χ0v) is 21.2. The van der Waals surface area contributed by atoms with Gasteiger partial charge in [-0.15, -0.1) is 0 Å². The molecule has 2 aliphatic rings. The van der Waals surface area contributed by atoms with Crippen molar-refractivity contribution in [1.29, 1.82) is 0 Å². The lowest BCUT2D eigenvalue weighted by atomic mass is 9.82. The summed E-state index contributed by atoms with van der Waals surface area (Å²) in [4.78, 5) is 44.3. The second kappa shape index (κ2) is 11.0. The maximum Gasteiger partial charge on any atom is 0.296 e. The van der Waals surface area contributed by atoms with Crippen molar-refractivity contribution < 1.29 is 29.0 Å². The number of ether oxygens (including phenoxy) is 2. The molecule has 8 heteroatoms. The number of nitrogens with zero attached hydrogens (tertiary/aromatic N) is 2. The van der Waals surface area contributed by atoms with Gasteiger partial charge in [-0.05, 0) is 43.2 Å². The minimum atomic E-state index is -1.76. The lowest BCUT2D eigenvalue weighted by molar-refractivity contribution is -0.143. The van der Waals surface area contributed by atoms with E-state index >= 15 is 0 Å². The molecule has 8 nitrogen and oxygen atoms in total. The summed E-state index contributed by atoms with van der Waals surface area (Å²) in [5.41, 5.74) is -0.517. The Bertz CT molecular complexity index is 1240. The Morgan fingerprint density at radius 2 is 1.78 bits per heavy atom. The van der Waals surface area contributed by atoms with Crippen molar-refractivity contribution in [2.45, 2.75) is 31.7 Å². The van der Waals surface area contributed by atoms with E-state index in [4.69, 9.17) is 9.47 Å². The van der Waals surface area contributed by atoms with Crippen LogP contribution in [0.4, 0.5) is 5.69 Å². The third-order valence-electron chi connectivity index (χ3n) is 6.77. The van der Waals surface area contributed by atoms with Gasteiger partial charge in [0, 0.05) is 37.9 Å². The number of likely N-dealkylation sites (tertiary alicyclic amines) is 1. The number of aliphatic hydroxyl groups excluding tert-OH is 1. The van der Waals surface area contributed by atoms with E-state index in [-0.39, 0.29) is 12.1 Å². The smallest absolute Gasteiger partial charge is 0.296 e. The van der Waals surface area contributed by atoms with Gasteiger partial charge in [-0.3, -0.25) is 14.4 Å². The summed E-state index contributed by atoms with van der Waals surface area (Å²) in [6, 6.07) is 13.7. The van der Waals surface area contributed by atoms with Crippen LogP contribution in [0, 0.1) is 0 Å². The fourth-order valence-corrected chi connectivity index (χ4v) is 5.08. The van der Waals surface area contributed by atoms with Gasteiger partial charge < -0.3 is 24.4 Å². The average molecular weight is 505 g/mol. The number of carbonyl (C=O) groups is 3. The van der Waals surface area contributed by atoms with E-state index in [1.807, 2.05) is 19.1 Å². The molecule has 4 rings (SSSR count). The standard InChI is InChI=1S/C29H32N2O6/c1-4-6-16-30-23-11-8-7-10-22(23)29(28(30)35)24(26(33)27(34)31(29)17-9-19-36-3)25(32)20-12-14-21(15-13-20)37-18-5-2/h5,7-8,10-15,32H,2,4,6,9,16-19H2,1,3H3. The van der Waals surface area contributed by atoms with E-state index in [1.54, 1.807) is 54.5 Å². The van der Waals surface area contributed by atoms with Gasteiger partial charge in [0.1, 0.15) is 18.1 Å². The molecule has 2 amide bonds. The average Bonchev–Trinajstić information content (AvgIpc) is 3.29. The SMILES string of the molecule is C=CCOc1ccc(C(O)=C2C(=O)C(=O)N(CCCOC)C23C(=O)N(CCCC)c2ccccc23)cc1. The van der Waals surface area contributed by atoms with Crippen molar-refractivity contribution in [2.75, 3.05) is 38.3 Å². The molecule has 1 spiro atoms. The summed E-state index contributed by atoms with van der Waals surface area (Å²) in [5.74, 6) is -1.96. The number of carbonyl (C=O) groups excluding carboxylic acids is 3. The van der Waals surface area contributed by atoms with Crippen molar-refractivity contribution >= 4 is 29.0 Å². The van der Waals surface area contributed by atoms with E-state index < -0.39 is 28.9 Å². The molecule has 1 saturated heterocycles. The van der Waals surface area contributed by atoms with Gasteiger partial charge in [-0.1, -0.05) is 44.2 Å². The first-order valence-electron chi connectivity index (χ1n) is 12.5. The van der Waals surface area contributed by atoms with Crippen LogP contribution in [0.25, 0.3) is 5.76 Å². The Morgan fingerprint density at radius 3 is 2.46 bits per heavy atom. The predicted octanol–water partition coefficient (Wildman–Crippen LogP) is 4.01. The Balaban J connectivity index is 1.92. The number of ketones is 1. The van der Waals surface area contributed by atoms with Crippen LogP contribution in [0.2, 0.25) is 0 Å². The van der Waals surface area contributed by atoms with Crippen LogP contribution < -0.4 is 9.64 Å². The highest BCUT2D eigenvalue weighted by Crippen LogP contribution is 2.53. The van der Waals surface area contributed by atoms with Gasteiger partial charge in [0.25, 0.3) is 17.6 Å². The van der Waals surface area contributed by atoms with Crippen LogP contribution >= 0.6 is 0 Å². The Kier molecular flexibility index (Phi) is 7.78. The molecule has 1 unspecified atom stereocenters. The molecule has 2 aliphatic heterocycles. The van der Waals surface area contributed by atoms with E-state index in [0.717, 1.165) is 12.8 Å². The molecule has 194 valence electrons. The van der Waals surface area contributed by atoms with Crippen molar-refractivity contribution in [3.8, 4) is 5.75 Å². The van der Waals surface area contributed by atoms with Gasteiger partial charge in [0.2, 0.25) is 0 Å². The number of amides is 2. The van der Waals surface area contributed by atoms with Crippen LogP contribution in [0.1, 0.15) is 37.3 Å². The van der Waals surface area contributed by atoms with Gasteiger partial charge in [0.15, 0.2) is 5.54 Å². The summed E-state index contributed by atoms with van der Waals surface area (Å²) >= 11 is 0. The number of hydrogen-bond donors (Lipinski definition) is 1. The molecular weight excluding hydrogens is 472 g/mol. The number of para-hydroxylation sites is 1. The summed E-state index contributed by atoms with van der Waals surface area (Å²) in [7, 11) is 1.55. The maximum absolute atomic E-state index is 14.3. The number of benzene rings is 2. The fourth-order valence-electron chi connectivity index (χ4n) is 5.08. The lowest BCUT2D eigenvalue weighted by Crippen LogP contribution is -2.52. The molecular formula is C29H32N2O6. The zero-order chi connectivity index (χ0) is 26.6. The van der Waals surface area contributed by atoms with Crippen molar-refractivity contribution in [3.63, 3.8) is 0 Å². The second-order valence-electron chi connectivity index (χ2n) is 9.02. The summed E-state index contributed by atoms with van der Waals surface area (Å²) in [5, 5.41) is 11.5. The quantitative estimate of drug-likeness (QED) is 0.163. The highest BCUT2D eigenvalue weighted by atomic mass is 16.5. The molecule has 0 bridgehead atoms. The maximum atomic E-state index is 14.3. The van der Waals surface area contributed by atoms with E-state index in [0.29, 0.717) is 48.7 Å². The largest absolute Gasteiger partial charge is 0.507 e. The molecule has 1 fully saturated rings. The summed E-state index contributed by atoms with van der Waals surface area (Å²) in [6.45, 7) is 6.87. The Labute approximate surface area is 216 Å². The molecule has 1 N–H and O–H groups in total. The topological polar surface area (TPSA) is 96.4 Å². The number of anilines is 1. The van der Waals surface area contributed by atoms with E-state index in [9.17, 15) is 19.5 Å². The van der Waals surface area contributed by atoms with Crippen molar-refractivity contribution in [3.05, 3.63) is 77.9 Å². The van der Waals surface area contributed by atoms with E-state index in [2.05, 4.69) is 6.58 Å². The van der Waals surface area contributed by atoms with Crippen LogP contribution in [0.15, 0.2) is 66.8 Å². The summed E-state index contributed by atoms with van der Waals surface area (Å²) in [6.07, 6.45) is 3.65. The minimum absolute atomic E-state index is 0.116. The third kappa shape index (κ3) is 4.31. The third-order valence-corrected chi connectivity index (χ3v) is 6.77. The first-order chi connectivity index (χ1) is 17.9. The molecule has 1 atom stereocenters. The number of aliphatic hydroxyl groups is 1. The molecule has 0 radical (unpaired) electrons.